The smallest absolute Gasteiger partial charge is 0.151 e. The summed E-state index contributed by atoms with van der Waals surface area (Å²) in [6.07, 6.45) is 2.62. The largest absolute Gasteiger partial charge is 0.354 e. The van der Waals surface area contributed by atoms with Gasteiger partial charge in [0.1, 0.15) is 5.82 Å². The monoisotopic (exact) mass is 373 g/mol. The van der Waals surface area contributed by atoms with Crippen molar-refractivity contribution in [3.05, 3.63) is 22.3 Å². The van der Waals surface area contributed by atoms with Crippen LogP contribution in [0.1, 0.15) is 12.0 Å². The summed E-state index contributed by atoms with van der Waals surface area (Å²) < 4.78 is 24.2. The van der Waals surface area contributed by atoms with Crippen LogP contribution in [-0.2, 0) is 9.84 Å². The van der Waals surface area contributed by atoms with Gasteiger partial charge in [-0.1, -0.05) is 0 Å². The quantitative estimate of drug-likeness (QED) is 0.785. The van der Waals surface area contributed by atoms with Gasteiger partial charge in [-0.25, -0.2) is 13.4 Å². The van der Waals surface area contributed by atoms with Crippen molar-refractivity contribution in [3.8, 4) is 0 Å². The van der Waals surface area contributed by atoms with Crippen molar-refractivity contribution >= 4 is 31.6 Å². The summed E-state index contributed by atoms with van der Waals surface area (Å²) in [5.74, 6) is 1.73. The number of anilines is 1. The van der Waals surface area contributed by atoms with Crippen LogP contribution in [0.15, 0.2) is 16.7 Å². The fourth-order valence-corrected chi connectivity index (χ4v) is 5.43. The van der Waals surface area contributed by atoms with E-state index in [2.05, 4.69) is 43.7 Å². The molecule has 1 aromatic heterocycles. The number of piperazine rings is 1. The highest BCUT2D eigenvalue weighted by Crippen LogP contribution is 2.24. The second-order valence-electron chi connectivity index (χ2n) is 5.87. The molecular weight excluding hydrogens is 354 g/mol. The Morgan fingerprint density at radius 3 is 2.57 bits per heavy atom. The molecule has 1 atom stereocenters. The van der Waals surface area contributed by atoms with Gasteiger partial charge in [0.25, 0.3) is 0 Å². The molecule has 0 amide bonds. The van der Waals surface area contributed by atoms with E-state index in [9.17, 15) is 8.42 Å². The fourth-order valence-electron chi connectivity index (χ4n) is 3.23. The van der Waals surface area contributed by atoms with E-state index in [1.165, 1.54) is 5.56 Å². The van der Waals surface area contributed by atoms with E-state index in [1.54, 1.807) is 0 Å². The molecule has 5 nitrogen and oxygen atoms in total. The van der Waals surface area contributed by atoms with Crippen LogP contribution in [0.2, 0.25) is 0 Å². The highest BCUT2D eigenvalue weighted by molar-refractivity contribution is 9.10. The molecule has 0 radical (unpaired) electrons. The maximum Gasteiger partial charge on any atom is 0.151 e. The van der Waals surface area contributed by atoms with Crippen molar-refractivity contribution < 1.29 is 8.42 Å². The van der Waals surface area contributed by atoms with E-state index in [1.807, 2.05) is 6.20 Å². The van der Waals surface area contributed by atoms with Gasteiger partial charge in [-0.2, -0.15) is 0 Å². The first kappa shape index (κ1) is 15.2. The molecule has 21 heavy (non-hydrogen) atoms. The Morgan fingerprint density at radius 1 is 1.29 bits per heavy atom. The average molecular weight is 374 g/mol. The van der Waals surface area contributed by atoms with Gasteiger partial charge in [0.2, 0.25) is 0 Å². The number of hydrogen-bond acceptors (Lipinski definition) is 5. The fraction of sp³-hybridized carbons (Fsp3) is 0.643. The van der Waals surface area contributed by atoms with E-state index in [4.69, 9.17) is 0 Å². The van der Waals surface area contributed by atoms with Gasteiger partial charge in [-0.3, -0.25) is 4.90 Å². The third-order valence-electron chi connectivity index (χ3n) is 4.36. The molecule has 3 rings (SSSR count). The van der Waals surface area contributed by atoms with E-state index in [0.717, 1.165) is 42.9 Å². The van der Waals surface area contributed by atoms with Crippen LogP contribution >= 0.6 is 15.9 Å². The lowest BCUT2D eigenvalue weighted by atomic mass is 10.2. The molecule has 0 aliphatic carbocycles. The summed E-state index contributed by atoms with van der Waals surface area (Å²) in [7, 11) is -2.79. The van der Waals surface area contributed by atoms with Crippen LogP contribution in [0.4, 0.5) is 5.82 Å². The van der Waals surface area contributed by atoms with Crippen molar-refractivity contribution in [2.45, 2.75) is 19.4 Å². The zero-order chi connectivity index (χ0) is 15.0. The van der Waals surface area contributed by atoms with Crippen molar-refractivity contribution in [1.29, 1.82) is 0 Å². The Kier molecular flexibility index (Phi) is 4.25. The minimum atomic E-state index is -2.79. The normalized spacial score (nSPS) is 26.2. The lowest BCUT2D eigenvalue weighted by molar-refractivity contribution is 0.200. The van der Waals surface area contributed by atoms with Gasteiger partial charge in [0, 0.05) is 42.9 Å². The van der Waals surface area contributed by atoms with Gasteiger partial charge >= 0.3 is 0 Å². The third-order valence-corrected chi connectivity index (χ3v) is 6.54. The first-order chi connectivity index (χ1) is 9.94. The van der Waals surface area contributed by atoms with Crippen LogP contribution in [0.5, 0.6) is 0 Å². The van der Waals surface area contributed by atoms with Crippen molar-refractivity contribution in [3.63, 3.8) is 0 Å². The first-order valence-electron chi connectivity index (χ1n) is 7.26. The van der Waals surface area contributed by atoms with E-state index >= 15 is 0 Å². The van der Waals surface area contributed by atoms with E-state index in [-0.39, 0.29) is 6.04 Å². The second kappa shape index (κ2) is 5.85. The van der Waals surface area contributed by atoms with Crippen LogP contribution in [0.25, 0.3) is 0 Å². The van der Waals surface area contributed by atoms with Gasteiger partial charge < -0.3 is 4.90 Å². The predicted octanol–water partition coefficient (Wildman–Crippen LogP) is 1.46. The number of nitrogens with zero attached hydrogens (tertiary/aromatic N) is 3. The summed E-state index contributed by atoms with van der Waals surface area (Å²) >= 11 is 3.44. The topological polar surface area (TPSA) is 53.5 Å². The molecule has 116 valence electrons. The number of halogens is 1. The molecule has 2 fully saturated rings. The highest BCUT2D eigenvalue weighted by Gasteiger charge is 2.33. The predicted molar refractivity (Wildman–Crippen MR) is 87.5 cm³/mol. The molecule has 0 bridgehead atoms. The zero-order valence-electron chi connectivity index (χ0n) is 12.1. The molecule has 0 aromatic carbocycles. The second-order valence-corrected chi connectivity index (χ2v) is 9.02. The lowest BCUT2D eigenvalue weighted by Gasteiger charge is -2.38. The molecule has 2 aliphatic rings. The summed E-state index contributed by atoms with van der Waals surface area (Å²) in [5, 5.41) is 0. The summed E-state index contributed by atoms with van der Waals surface area (Å²) in [6.45, 7) is 5.72. The standard InChI is InChI=1S/C14H20BrN3O2S/c1-11-8-12(15)9-16-14(11)18-5-3-17(4-6-18)13-2-7-21(19,20)10-13/h8-9,13H,2-7,10H2,1H3. The molecule has 1 aromatic rings. The Bertz CT molecular complexity index is 627. The molecule has 0 N–H and O–H groups in total. The Morgan fingerprint density at radius 2 is 2.00 bits per heavy atom. The van der Waals surface area contributed by atoms with E-state index in [0.29, 0.717) is 11.5 Å². The molecule has 7 heteroatoms. The number of rotatable bonds is 2. The number of sulfone groups is 1. The van der Waals surface area contributed by atoms with Crippen molar-refractivity contribution in [2.24, 2.45) is 0 Å². The lowest BCUT2D eigenvalue weighted by Crippen LogP contribution is -2.51. The maximum absolute atomic E-state index is 11.6. The van der Waals surface area contributed by atoms with Crippen LogP contribution in [0.3, 0.4) is 0 Å². The Hall–Kier alpha value is -0.660. The average Bonchev–Trinajstić information content (AvgIpc) is 2.79. The number of aromatic nitrogens is 1. The third kappa shape index (κ3) is 3.40. The van der Waals surface area contributed by atoms with Crippen LogP contribution in [0, 0.1) is 6.92 Å². The minimum Gasteiger partial charge on any atom is -0.354 e. The molecule has 2 aliphatic heterocycles. The van der Waals surface area contributed by atoms with Crippen molar-refractivity contribution in [1.82, 2.24) is 9.88 Å². The summed E-state index contributed by atoms with van der Waals surface area (Å²) in [5.41, 5.74) is 1.17. The molecule has 0 spiro atoms. The molecule has 2 saturated heterocycles. The number of pyridine rings is 1. The SMILES string of the molecule is Cc1cc(Br)cnc1N1CCN(C2CCS(=O)(=O)C2)CC1. The molecular formula is C14H20BrN3O2S. The maximum atomic E-state index is 11.6. The molecule has 1 unspecified atom stereocenters. The number of aryl methyl sites for hydroxylation is 1. The van der Waals surface area contributed by atoms with Gasteiger partial charge in [-0.05, 0) is 40.9 Å². The van der Waals surface area contributed by atoms with E-state index < -0.39 is 9.84 Å². The van der Waals surface area contributed by atoms with Gasteiger partial charge in [0.15, 0.2) is 9.84 Å². The van der Waals surface area contributed by atoms with Gasteiger partial charge in [-0.15, -0.1) is 0 Å². The molecule has 3 heterocycles. The minimum absolute atomic E-state index is 0.219. The zero-order valence-corrected chi connectivity index (χ0v) is 14.5. The van der Waals surface area contributed by atoms with Crippen LogP contribution in [-0.4, -0.2) is 62.0 Å². The van der Waals surface area contributed by atoms with Gasteiger partial charge in [0.05, 0.1) is 11.5 Å². The Balaban J connectivity index is 1.63. The number of hydrogen-bond donors (Lipinski definition) is 0. The summed E-state index contributed by atoms with van der Waals surface area (Å²) in [4.78, 5) is 9.13. The Labute approximate surface area is 134 Å². The first-order valence-corrected chi connectivity index (χ1v) is 9.88. The van der Waals surface area contributed by atoms with Crippen molar-refractivity contribution in [2.75, 3.05) is 42.6 Å². The summed E-state index contributed by atoms with van der Waals surface area (Å²) in [6, 6.07) is 2.30. The molecule has 0 saturated carbocycles. The highest BCUT2D eigenvalue weighted by atomic mass is 79.9. The van der Waals surface area contributed by atoms with Crippen LogP contribution < -0.4 is 4.90 Å².